The maximum Gasteiger partial charge on any atom is 0.433 e. The third-order valence-electron chi connectivity index (χ3n) is 2.84. The van der Waals surface area contributed by atoms with Gasteiger partial charge in [0.15, 0.2) is 0 Å². The molecule has 110 valence electrons. The van der Waals surface area contributed by atoms with Crippen LogP contribution in [0.4, 0.5) is 4.79 Å². The highest BCUT2D eigenvalue weighted by molar-refractivity contribution is 5.81. The number of nitrogens with zero attached hydrogens (tertiary/aromatic N) is 1. The van der Waals surface area contributed by atoms with Gasteiger partial charge in [-0.05, 0) is 33.6 Å². The van der Waals surface area contributed by atoms with Crippen LogP contribution >= 0.6 is 0 Å². The summed E-state index contributed by atoms with van der Waals surface area (Å²) in [5.74, 6) is -0.273. The van der Waals surface area contributed by atoms with Crippen LogP contribution in [0, 0.1) is 5.41 Å². The average molecular weight is 272 g/mol. The minimum atomic E-state index is -0.654. The lowest BCUT2D eigenvalue weighted by molar-refractivity contribution is -0.153. The van der Waals surface area contributed by atoms with E-state index < -0.39 is 11.5 Å². The van der Waals surface area contributed by atoms with Crippen LogP contribution in [0.25, 0.3) is 0 Å². The molecule has 0 saturated heterocycles. The third kappa shape index (κ3) is 7.43. The molecule has 6 heteroatoms. The molecular weight excluding hydrogens is 248 g/mol. The molecular formula is C13H24N2O4. The van der Waals surface area contributed by atoms with Crippen molar-refractivity contribution in [2.24, 2.45) is 10.6 Å². The van der Waals surface area contributed by atoms with Crippen LogP contribution < -0.4 is 5.32 Å². The van der Waals surface area contributed by atoms with E-state index in [4.69, 9.17) is 4.74 Å². The Morgan fingerprint density at radius 2 is 1.89 bits per heavy atom. The van der Waals surface area contributed by atoms with Crippen molar-refractivity contribution in [3.8, 4) is 0 Å². The second kappa shape index (κ2) is 8.50. The number of carbonyl (C=O) groups is 2. The zero-order valence-corrected chi connectivity index (χ0v) is 12.4. The van der Waals surface area contributed by atoms with Crippen LogP contribution in [0.2, 0.25) is 0 Å². The molecule has 0 bridgehead atoms. The first-order valence-electron chi connectivity index (χ1n) is 6.49. The molecule has 0 atom stereocenters. The monoisotopic (exact) mass is 272 g/mol. The summed E-state index contributed by atoms with van der Waals surface area (Å²) < 4.78 is 5.05. The normalized spacial score (nSPS) is 11.9. The number of hydrogen-bond acceptors (Lipinski definition) is 5. The van der Waals surface area contributed by atoms with Gasteiger partial charge in [0.25, 0.3) is 0 Å². The molecule has 0 aromatic carbocycles. The Kier molecular flexibility index (Phi) is 7.79. The standard InChI is InChI=1S/C13H24N2O4/c1-6-10(3)15-19-12(17)14-8-9-18-11(16)13(4,5)7-2/h6-9H2,1-5H3,(H,14,17)/b15-10+. The predicted octanol–water partition coefficient (Wildman–Crippen LogP) is 2.48. The summed E-state index contributed by atoms with van der Waals surface area (Å²) in [4.78, 5) is 27.4. The molecule has 1 N–H and O–H groups in total. The van der Waals surface area contributed by atoms with E-state index in [-0.39, 0.29) is 19.1 Å². The van der Waals surface area contributed by atoms with Gasteiger partial charge in [-0.25, -0.2) is 4.79 Å². The number of amides is 1. The summed E-state index contributed by atoms with van der Waals surface area (Å²) in [6, 6.07) is 0. The quantitative estimate of drug-likeness (QED) is 0.254. The van der Waals surface area contributed by atoms with Gasteiger partial charge >= 0.3 is 12.1 Å². The minimum absolute atomic E-state index is 0.119. The van der Waals surface area contributed by atoms with Crippen LogP contribution in [-0.4, -0.2) is 30.9 Å². The highest BCUT2D eigenvalue weighted by Crippen LogP contribution is 2.21. The van der Waals surface area contributed by atoms with Gasteiger partial charge in [-0.1, -0.05) is 19.0 Å². The first-order chi connectivity index (χ1) is 8.83. The van der Waals surface area contributed by atoms with E-state index in [2.05, 4.69) is 15.3 Å². The van der Waals surface area contributed by atoms with Gasteiger partial charge in [0.1, 0.15) is 6.61 Å². The predicted molar refractivity (Wildman–Crippen MR) is 72.9 cm³/mol. The molecule has 19 heavy (non-hydrogen) atoms. The first kappa shape index (κ1) is 17.4. The number of esters is 1. The number of rotatable bonds is 7. The molecule has 6 nitrogen and oxygen atoms in total. The van der Waals surface area contributed by atoms with Gasteiger partial charge in [0, 0.05) is 0 Å². The Labute approximate surface area is 114 Å². The van der Waals surface area contributed by atoms with Gasteiger partial charge in [-0.3, -0.25) is 9.63 Å². The Morgan fingerprint density at radius 1 is 1.26 bits per heavy atom. The molecule has 0 aliphatic heterocycles. The van der Waals surface area contributed by atoms with E-state index in [1.54, 1.807) is 6.92 Å². The largest absolute Gasteiger partial charge is 0.463 e. The van der Waals surface area contributed by atoms with E-state index in [1.165, 1.54) is 0 Å². The van der Waals surface area contributed by atoms with Gasteiger partial charge in [0.05, 0.1) is 17.7 Å². The van der Waals surface area contributed by atoms with E-state index in [0.717, 1.165) is 12.1 Å². The van der Waals surface area contributed by atoms with Crippen molar-refractivity contribution < 1.29 is 19.2 Å². The van der Waals surface area contributed by atoms with Gasteiger partial charge in [-0.15, -0.1) is 0 Å². The van der Waals surface area contributed by atoms with E-state index in [0.29, 0.717) is 6.42 Å². The number of nitrogens with one attached hydrogen (secondary N) is 1. The summed E-state index contributed by atoms with van der Waals surface area (Å²) in [6.45, 7) is 9.55. The molecule has 0 fully saturated rings. The van der Waals surface area contributed by atoms with Crippen LogP contribution in [0.1, 0.15) is 47.5 Å². The third-order valence-corrected chi connectivity index (χ3v) is 2.84. The topological polar surface area (TPSA) is 77.0 Å². The highest BCUT2D eigenvalue weighted by Gasteiger charge is 2.26. The maximum absolute atomic E-state index is 11.6. The zero-order chi connectivity index (χ0) is 14.9. The molecule has 1 amide bonds. The molecule has 0 heterocycles. The fourth-order valence-electron chi connectivity index (χ4n) is 0.853. The molecule has 0 aromatic rings. The van der Waals surface area contributed by atoms with E-state index in [1.807, 2.05) is 27.7 Å². The summed E-state index contributed by atoms with van der Waals surface area (Å²) in [7, 11) is 0. The second-order valence-electron chi connectivity index (χ2n) is 4.86. The summed E-state index contributed by atoms with van der Waals surface area (Å²) >= 11 is 0. The summed E-state index contributed by atoms with van der Waals surface area (Å²) in [6.07, 6.45) is 0.766. The Bertz CT molecular complexity index is 338. The number of ether oxygens (including phenoxy) is 1. The van der Waals surface area contributed by atoms with Gasteiger partial charge in [0.2, 0.25) is 0 Å². The van der Waals surface area contributed by atoms with Crippen molar-refractivity contribution in [1.82, 2.24) is 5.32 Å². The van der Waals surface area contributed by atoms with Crippen molar-refractivity contribution in [2.75, 3.05) is 13.2 Å². The number of oxime groups is 1. The van der Waals surface area contributed by atoms with Crippen molar-refractivity contribution in [3.05, 3.63) is 0 Å². The second-order valence-corrected chi connectivity index (χ2v) is 4.86. The van der Waals surface area contributed by atoms with Crippen LogP contribution in [0.3, 0.4) is 0 Å². The minimum Gasteiger partial charge on any atom is -0.463 e. The molecule has 0 aromatic heterocycles. The molecule has 0 aliphatic carbocycles. The van der Waals surface area contributed by atoms with Crippen LogP contribution in [0.5, 0.6) is 0 Å². The summed E-state index contributed by atoms with van der Waals surface area (Å²) in [5.41, 5.74) is 0.231. The van der Waals surface area contributed by atoms with Crippen LogP contribution in [0.15, 0.2) is 5.16 Å². The Morgan fingerprint density at radius 3 is 2.42 bits per heavy atom. The Balaban J connectivity index is 3.81. The first-order valence-corrected chi connectivity index (χ1v) is 6.49. The Hall–Kier alpha value is -1.59. The van der Waals surface area contributed by atoms with Crippen molar-refractivity contribution in [1.29, 1.82) is 0 Å². The zero-order valence-electron chi connectivity index (χ0n) is 12.4. The van der Waals surface area contributed by atoms with E-state index in [9.17, 15) is 9.59 Å². The van der Waals surface area contributed by atoms with Gasteiger partial charge in [-0.2, -0.15) is 0 Å². The molecule has 0 rings (SSSR count). The van der Waals surface area contributed by atoms with Crippen LogP contribution in [-0.2, 0) is 14.4 Å². The molecule has 0 unspecified atom stereocenters. The SMILES string of the molecule is CC/C(C)=N/OC(=O)NCCOC(=O)C(C)(C)CC. The average Bonchev–Trinajstić information content (AvgIpc) is 2.40. The maximum atomic E-state index is 11.6. The van der Waals surface area contributed by atoms with Crippen molar-refractivity contribution in [3.63, 3.8) is 0 Å². The molecule has 0 radical (unpaired) electrons. The van der Waals surface area contributed by atoms with E-state index >= 15 is 0 Å². The van der Waals surface area contributed by atoms with Crippen molar-refractivity contribution >= 4 is 17.8 Å². The lowest BCUT2D eigenvalue weighted by Crippen LogP contribution is -2.31. The number of carbonyl (C=O) groups excluding carboxylic acids is 2. The molecule has 0 aliphatic rings. The lowest BCUT2D eigenvalue weighted by atomic mass is 9.91. The lowest BCUT2D eigenvalue weighted by Gasteiger charge is -2.20. The fraction of sp³-hybridized carbons (Fsp3) is 0.769. The number of hydrogen-bond donors (Lipinski definition) is 1. The highest BCUT2D eigenvalue weighted by atomic mass is 16.7. The van der Waals surface area contributed by atoms with Gasteiger partial charge < -0.3 is 10.1 Å². The summed E-state index contributed by atoms with van der Waals surface area (Å²) in [5, 5.41) is 6.05. The molecule has 0 saturated carbocycles. The smallest absolute Gasteiger partial charge is 0.433 e. The fourth-order valence-corrected chi connectivity index (χ4v) is 0.853. The molecule has 0 spiro atoms. The van der Waals surface area contributed by atoms with Crippen molar-refractivity contribution in [2.45, 2.75) is 47.5 Å².